The molecule has 168 valence electrons. The Morgan fingerprint density at radius 3 is 2.94 bits per heavy atom. The molecule has 0 spiro atoms. The van der Waals surface area contributed by atoms with Gasteiger partial charge in [0.15, 0.2) is 17.5 Å². The van der Waals surface area contributed by atoms with E-state index in [9.17, 15) is 0 Å². The fraction of sp³-hybridized carbons (Fsp3) is 0.565. The normalized spacial score (nSPS) is 16.1. The van der Waals surface area contributed by atoms with Gasteiger partial charge in [-0.25, -0.2) is 0 Å². The van der Waals surface area contributed by atoms with Gasteiger partial charge >= 0.3 is 0 Å². The van der Waals surface area contributed by atoms with E-state index >= 15 is 0 Å². The molecule has 2 aliphatic rings. The van der Waals surface area contributed by atoms with Crippen LogP contribution in [0, 0.1) is 5.92 Å². The van der Waals surface area contributed by atoms with Crippen molar-refractivity contribution in [1.82, 2.24) is 15.1 Å². The quantitative estimate of drug-likeness (QED) is 0.325. The molecule has 1 fully saturated rings. The predicted molar refractivity (Wildman–Crippen MR) is 121 cm³/mol. The number of rotatable bonds is 11. The van der Waals surface area contributed by atoms with Crippen LogP contribution in [0.15, 0.2) is 41.7 Å². The third-order valence-corrected chi connectivity index (χ3v) is 5.19. The first-order chi connectivity index (χ1) is 15.4. The third kappa shape index (κ3) is 7.47. The number of anilines is 1. The molecule has 8 nitrogen and oxygen atoms in total. The van der Waals surface area contributed by atoms with Crippen LogP contribution in [0.5, 0.6) is 11.5 Å². The van der Waals surface area contributed by atoms with E-state index in [2.05, 4.69) is 15.7 Å². The molecule has 1 aromatic carbocycles. The summed E-state index contributed by atoms with van der Waals surface area (Å²) in [6.07, 6.45) is 9.18. The van der Waals surface area contributed by atoms with Gasteiger partial charge in [0.1, 0.15) is 0 Å². The summed E-state index contributed by atoms with van der Waals surface area (Å²) in [4.78, 5) is 4.75. The minimum atomic E-state index is 0.671. The Bertz CT molecular complexity index is 821. The summed E-state index contributed by atoms with van der Waals surface area (Å²) < 4.78 is 19.2. The minimum absolute atomic E-state index is 0.671. The van der Waals surface area contributed by atoms with Crippen LogP contribution < -0.4 is 20.1 Å². The van der Waals surface area contributed by atoms with Gasteiger partial charge < -0.3 is 24.8 Å². The van der Waals surface area contributed by atoms with Gasteiger partial charge in [0.05, 0.1) is 13.2 Å². The van der Waals surface area contributed by atoms with Crippen molar-refractivity contribution in [2.75, 3.05) is 44.8 Å². The second kappa shape index (κ2) is 11.6. The Balaban J connectivity index is 1.29. The molecular weight excluding hydrogens is 394 g/mol. The molecular formula is C23H33N5O3. The highest BCUT2D eigenvalue weighted by Crippen LogP contribution is 2.32. The maximum Gasteiger partial charge on any atom is 0.195 e. The van der Waals surface area contributed by atoms with Crippen LogP contribution in [0.3, 0.4) is 0 Å². The Kier molecular flexibility index (Phi) is 8.04. The van der Waals surface area contributed by atoms with Gasteiger partial charge in [0.25, 0.3) is 0 Å². The summed E-state index contributed by atoms with van der Waals surface area (Å²) in [7, 11) is 0. The molecule has 1 saturated carbocycles. The van der Waals surface area contributed by atoms with Crippen molar-refractivity contribution in [3.63, 3.8) is 0 Å². The van der Waals surface area contributed by atoms with E-state index in [0.29, 0.717) is 19.8 Å². The molecule has 0 atom stereocenters. The van der Waals surface area contributed by atoms with E-state index in [1.807, 2.05) is 35.1 Å². The predicted octanol–water partition coefficient (Wildman–Crippen LogP) is 3.31. The smallest absolute Gasteiger partial charge is 0.195 e. The average molecular weight is 428 g/mol. The van der Waals surface area contributed by atoms with Gasteiger partial charge in [-0.15, -0.1) is 0 Å². The van der Waals surface area contributed by atoms with Gasteiger partial charge in [0, 0.05) is 63.4 Å². The van der Waals surface area contributed by atoms with E-state index < -0.39 is 0 Å². The molecule has 2 aromatic rings. The fourth-order valence-corrected chi connectivity index (χ4v) is 3.29. The number of nitrogens with one attached hydrogen (secondary N) is 2. The van der Waals surface area contributed by atoms with Crippen molar-refractivity contribution >= 4 is 11.6 Å². The summed E-state index contributed by atoms with van der Waals surface area (Å²) in [5.74, 6) is 3.13. The van der Waals surface area contributed by atoms with Crippen molar-refractivity contribution in [3.05, 3.63) is 36.7 Å². The fourth-order valence-electron chi connectivity index (χ4n) is 3.29. The number of fused-ring (bicyclic) bond motifs is 1. The summed E-state index contributed by atoms with van der Waals surface area (Å²) >= 11 is 0. The van der Waals surface area contributed by atoms with Crippen LogP contribution in [-0.2, 0) is 11.3 Å². The van der Waals surface area contributed by atoms with E-state index in [4.69, 9.17) is 19.2 Å². The number of guanidine groups is 1. The van der Waals surface area contributed by atoms with Crippen LogP contribution in [0.1, 0.15) is 32.1 Å². The van der Waals surface area contributed by atoms with Crippen molar-refractivity contribution in [1.29, 1.82) is 0 Å². The molecule has 0 radical (unpaired) electrons. The number of ether oxygens (including phenoxy) is 3. The standard InChI is InChI=1S/C23H33N5O3/c1(12-28-13-2-11-26-28)9-24-23(25-10-3-14-29-18-19-5-6-19)27-20-7-8-21-22(17-20)31-16-4-15-30-21/h2,7-8,11,13,17,19H,1,3-6,9-10,12,14-16,18H2,(H2,24,25,27). The summed E-state index contributed by atoms with van der Waals surface area (Å²) in [6.45, 7) is 5.40. The lowest BCUT2D eigenvalue weighted by Gasteiger charge is -2.15. The zero-order valence-electron chi connectivity index (χ0n) is 18.1. The number of hydrogen-bond donors (Lipinski definition) is 2. The van der Waals surface area contributed by atoms with Crippen LogP contribution in [-0.4, -0.2) is 55.3 Å². The molecule has 1 aliphatic heterocycles. The topological polar surface area (TPSA) is 81.9 Å². The van der Waals surface area contributed by atoms with Crippen molar-refractivity contribution in [2.45, 2.75) is 38.6 Å². The number of nitrogens with zero attached hydrogens (tertiary/aromatic N) is 3. The SMILES string of the molecule is c1cnn(CCCN=C(NCCCOCC2CC2)Nc2ccc3c(c2)OCCCO3)c1. The van der Waals surface area contributed by atoms with Gasteiger partial charge in [-0.2, -0.15) is 5.10 Å². The highest BCUT2D eigenvalue weighted by atomic mass is 16.5. The van der Waals surface area contributed by atoms with E-state index in [1.165, 1.54) is 12.8 Å². The summed E-state index contributed by atoms with van der Waals surface area (Å²) in [6, 6.07) is 7.85. The molecule has 2 heterocycles. The minimum Gasteiger partial charge on any atom is -0.490 e. The van der Waals surface area contributed by atoms with E-state index in [1.54, 1.807) is 6.20 Å². The number of aryl methyl sites for hydroxylation is 1. The largest absolute Gasteiger partial charge is 0.490 e. The van der Waals surface area contributed by atoms with Crippen LogP contribution >= 0.6 is 0 Å². The van der Waals surface area contributed by atoms with Crippen molar-refractivity contribution in [2.24, 2.45) is 10.9 Å². The zero-order chi connectivity index (χ0) is 21.1. The van der Waals surface area contributed by atoms with Gasteiger partial charge in [0.2, 0.25) is 0 Å². The van der Waals surface area contributed by atoms with E-state index in [0.717, 1.165) is 74.6 Å². The highest BCUT2D eigenvalue weighted by Gasteiger charge is 2.20. The maximum absolute atomic E-state index is 5.81. The van der Waals surface area contributed by atoms with Crippen LogP contribution in [0.4, 0.5) is 5.69 Å². The Morgan fingerprint density at radius 1 is 1.19 bits per heavy atom. The molecule has 0 bridgehead atoms. The van der Waals surface area contributed by atoms with Crippen molar-refractivity contribution < 1.29 is 14.2 Å². The van der Waals surface area contributed by atoms with E-state index in [-0.39, 0.29) is 0 Å². The van der Waals surface area contributed by atoms with Crippen LogP contribution in [0.2, 0.25) is 0 Å². The second-order valence-electron chi connectivity index (χ2n) is 7.99. The lowest BCUT2D eigenvalue weighted by atomic mass is 10.2. The lowest BCUT2D eigenvalue weighted by molar-refractivity contribution is 0.123. The van der Waals surface area contributed by atoms with Gasteiger partial charge in [-0.1, -0.05) is 0 Å². The number of aliphatic imine (C=N–C) groups is 1. The molecule has 2 N–H and O–H groups in total. The molecule has 0 amide bonds. The maximum atomic E-state index is 5.81. The lowest BCUT2D eigenvalue weighted by Crippen LogP contribution is -2.32. The summed E-state index contributed by atoms with van der Waals surface area (Å²) in [5, 5.41) is 11.1. The third-order valence-electron chi connectivity index (χ3n) is 5.19. The molecule has 31 heavy (non-hydrogen) atoms. The summed E-state index contributed by atoms with van der Waals surface area (Å²) in [5.41, 5.74) is 0.924. The van der Waals surface area contributed by atoms with Gasteiger partial charge in [-0.05, 0) is 49.8 Å². The Morgan fingerprint density at radius 2 is 2.10 bits per heavy atom. The zero-order valence-corrected chi connectivity index (χ0v) is 18.1. The Labute approximate surface area is 184 Å². The van der Waals surface area contributed by atoms with Gasteiger partial charge in [-0.3, -0.25) is 9.67 Å². The molecule has 4 rings (SSSR count). The monoisotopic (exact) mass is 427 g/mol. The molecule has 0 saturated heterocycles. The van der Waals surface area contributed by atoms with Crippen LogP contribution in [0.25, 0.3) is 0 Å². The molecule has 0 unspecified atom stereocenters. The number of aromatic nitrogens is 2. The first-order valence-corrected chi connectivity index (χ1v) is 11.4. The first-order valence-electron chi connectivity index (χ1n) is 11.4. The first kappa shape index (κ1) is 21.5. The number of benzene rings is 1. The highest BCUT2D eigenvalue weighted by molar-refractivity contribution is 5.93. The molecule has 8 heteroatoms. The second-order valence-corrected chi connectivity index (χ2v) is 7.99. The molecule has 1 aromatic heterocycles. The Hall–Kier alpha value is -2.74. The molecule has 1 aliphatic carbocycles. The average Bonchev–Trinajstić information content (AvgIpc) is 3.52. The number of hydrogen-bond acceptors (Lipinski definition) is 5. The van der Waals surface area contributed by atoms with Crippen molar-refractivity contribution in [3.8, 4) is 11.5 Å².